The van der Waals surface area contributed by atoms with Crippen LogP contribution >= 0.6 is 0 Å². The minimum atomic E-state index is -0.0978. The largest absolute Gasteiger partial charge is 0.461 e. The average molecular weight is 227 g/mol. The number of ether oxygens (including phenoxy) is 1. The number of nitrogens with one attached hydrogen (secondary N) is 1. The van der Waals surface area contributed by atoms with Crippen molar-refractivity contribution in [2.75, 3.05) is 13.1 Å². The number of carbonyl (C=O) groups is 1. The molecule has 3 heteroatoms. The maximum absolute atomic E-state index is 11.6. The van der Waals surface area contributed by atoms with Crippen molar-refractivity contribution in [1.29, 1.82) is 0 Å². The van der Waals surface area contributed by atoms with Gasteiger partial charge in [0, 0.05) is 0 Å². The monoisotopic (exact) mass is 227 g/mol. The zero-order valence-electron chi connectivity index (χ0n) is 10.8. The molecule has 1 saturated carbocycles. The zero-order chi connectivity index (χ0) is 12.0. The maximum atomic E-state index is 11.6. The Labute approximate surface area is 98.9 Å². The molecule has 0 aromatic heterocycles. The lowest BCUT2D eigenvalue weighted by Crippen LogP contribution is -2.34. The van der Waals surface area contributed by atoms with E-state index in [2.05, 4.69) is 26.1 Å². The van der Waals surface area contributed by atoms with Crippen LogP contribution in [0.3, 0.4) is 0 Å². The van der Waals surface area contributed by atoms with Crippen molar-refractivity contribution < 1.29 is 9.53 Å². The molecule has 0 amide bonds. The SMILES string of the molecule is CC(C)CNCC(=O)OC1CCCCC1C. The van der Waals surface area contributed by atoms with Gasteiger partial charge in [0.25, 0.3) is 0 Å². The smallest absolute Gasteiger partial charge is 0.320 e. The van der Waals surface area contributed by atoms with Crippen LogP contribution in [-0.2, 0) is 9.53 Å². The third kappa shape index (κ3) is 4.97. The second kappa shape index (κ2) is 6.89. The number of hydrogen-bond donors (Lipinski definition) is 1. The van der Waals surface area contributed by atoms with Gasteiger partial charge in [-0.15, -0.1) is 0 Å². The molecule has 1 rings (SSSR count). The summed E-state index contributed by atoms with van der Waals surface area (Å²) in [5, 5.41) is 3.11. The van der Waals surface area contributed by atoms with Crippen molar-refractivity contribution in [2.45, 2.75) is 52.6 Å². The molecule has 1 aliphatic rings. The van der Waals surface area contributed by atoms with Gasteiger partial charge in [-0.2, -0.15) is 0 Å². The summed E-state index contributed by atoms with van der Waals surface area (Å²) in [5.74, 6) is 1.00. The average Bonchev–Trinajstić information content (AvgIpc) is 2.21. The Hall–Kier alpha value is -0.570. The van der Waals surface area contributed by atoms with Crippen LogP contribution < -0.4 is 5.32 Å². The summed E-state index contributed by atoms with van der Waals surface area (Å²) in [6.45, 7) is 7.65. The van der Waals surface area contributed by atoms with Gasteiger partial charge in [0.15, 0.2) is 0 Å². The van der Waals surface area contributed by atoms with Crippen LogP contribution in [0.1, 0.15) is 46.5 Å². The lowest BCUT2D eigenvalue weighted by Gasteiger charge is -2.28. The Balaban J connectivity index is 2.17. The van der Waals surface area contributed by atoms with Crippen molar-refractivity contribution in [3.63, 3.8) is 0 Å². The summed E-state index contributed by atoms with van der Waals surface area (Å²) in [6.07, 6.45) is 4.86. The van der Waals surface area contributed by atoms with Crippen molar-refractivity contribution in [3.8, 4) is 0 Å². The van der Waals surface area contributed by atoms with Gasteiger partial charge in [0.2, 0.25) is 0 Å². The van der Waals surface area contributed by atoms with E-state index in [-0.39, 0.29) is 12.1 Å². The normalized spacial score (nSPS) is 25.8. The van der Waals surface area contributed by atoms with Gasteiger partial charge < -0.3 is 10.1 Å². The molecule has 0 aromatic rings. The molecular formula is C13H25NO2. The molecule has 1 fully saturated rings. The molecule has 0 saturated heterocycles. The minimum Gasteiger partial charge on any atom is -0.461 e. The molecule has 1 aliphatic carbocycles. The Morgan fingerprint density at radius 2 is 2.06 bits per heavy atom. The lowest BCUT2D eigenvalue weighted by atomic mass is 9.88. The fourth-order valence-electron chi connectivity index (χ4n) is 2.13. The summed E-state index contributed by atoms with van der Waals surface area (Å²) >= 11 is 0. The van der Waals surface area contributed by atoms with Crippen LogP contribution in [0.15, 0.2) is 0 Å². The molecule has 3 nitrogen and oxygen atoms in total. The summed E-state index contributed by atoms with van der Waals surface area (Å²) in [4.78, 5) is 11.6. The highest BCUT2D eigenvalue weighted by molar-refractivity contribution is 5.71. The summed E-state index contributed by atoms with van der Waals surface area (Å²) < 4.78 is 5.48. The van der Waals surface area contributed by atoms with E-state index in [1.807, 2.05) is 0 Å². The number of rotatable bonds is 5. The number of esters is 1. The highest BCUT2D eigenvalue weighted by Crippen LogP contribution is 2.26. The Kier molecular flexibility index (Phi) is 5.81. The van der Waals surface area contributed by atoms with Gasteiger partial charge >= 0.3 is 5.97 Å². The van der Waals surface area contributed by atoms with Gasteiger partial charge in [-0.05, 0) is 37.6 Å². The van der Waals surface area contributed by atoms with Crippen LogP contribution in [0.4, 0.5) is 0 Å². The van der Waals surface area contributed by atoms with Crippen LogP contribution in [0.5, 0.6) is 0 Å². The predicted molar refractivity (Wildman–Crippen MR) is 65.2 cm³/mol. The van der Waals surface area contributed by atoms with E-state index in [0.29, 0.717) is 18.4 Å². The Morgan fingerprint density at radius 1 is 1.38 bits per heavy atom. The van der Waals surface area contributed by atoms with E-state index >= 15 is 0 Å². The van der Waals surface area contributed by atoms with Crippen LogP contribution in [0.25, 0.3) is 0 Å². The minimum absolute atomic E-state index is 0.0978. The Morgan fingerprint density at radius 3 is 2.69 bits per heavy atom. The van der Waals surface area contributed by atoms with E-state index in [1.165, 1.54) is 19.3 Å². The van der Waals surface area contributed by atoms with E-state index in [9.17, 15) is 4.79 Å². The van der Waals surface area contributed by atoms with Crippen molar-refractivity contribution >= 4 is 5.97 Å². The number of carbonyl (C=O) groups excluding carboxylic acids is 1. The maximum Gasteiger partial charge on any atom is 0.320 e. The topological polar surface area (TPSA) is 38.3 Å². The second-order valence-corrected chi connectivity index (χ2v) is 5.31. The van der Waals surface area contributed by atoms with Gasteiger partial charge in [-0.3, -0.25) is 4.79 Å². The number of hydrogen-bond acceptors (Lipinski definition) is 3. The summed E-state index contributed by atoms with van der Waals surface area (Å²) in [7, 11) is 0. The zero-order valence-corrected chi connectivity index (χ0v) is 10.8. The molecule has 94 valence electrons. The van der Waals surface area contributed by atoms with Crippen LogP contribution in [0, 0.1) is 11.8 Å². The molecule has 1 N–H and O–H groups in total. The summed E-state index contributed by atoms with van der Waals surface area (Å²) in [6, 6.07) is 0. The molecule has 0 aliphatic heterocycles. The van der Waals surface area contributed by atoms with Crippen molar-refractivity contribution in [3.05, 3.63) is 0 Å². The molecule has 2 unspecified atom stereocenters. The Bertz CT molecular complexity index is 216. The molecule has 0 spiro atoms. The molecular weight excluding hydrogens is 202 g/mol. The quantitative estimate of drug-likeness (QED) is 0.733. The fraction of sp³-hybridized carbons (Fsp3) is 0.923. The molecule has 0 aromatic carbocycles. The lowest BCUT2D eigenvalue weighted by molar-refractivity contribution is -0.152. The summed E-state index contributed by atoms with van der Waals surface area (Å²) in [5.41, 5.74) is 0. The first-order valence-corrected chi connectivity index (χ1v) is 6.49. The first-order chi connectivity index (χ1) is 7.59. The second-order valence-electron chi connectivity index (χ2n) is 5.31. The van der Waals surface area contributed by atoms with Gasteiger partial charge in [0.1, 0.15) is 6.10 Å². The molecule has 0 heterocycles. The van der Waals surface area contributed by atoms with E-state index in [1.54, 1.807) is 0 Å². The van der Waals surface area contributed by atoms with Crippen molar-refractivity contribution in [2.24, 2.45) is 11.8 Å². The van der Waals surface area contributed by atoms with Crippen LogP contribution in [-0.4, -0.2) is 25.2 Å². The third-order valence-corrected chi connectivity index (χ3v) is 3.14. The standard InChI is InChI=1S/C13H25NO2/c1-10(2)8-14-9-13(15)16-12-7-5-4-6-11(12)3/h10-12,14H,4-9H2,1-3H3. The molecule has 2 atom stereocenters. The highest BCUT2D eigenvalue weighted by Gasteiger charge is 2.24. The van der Waals surface area contributed by atoms with Gasteiger partial charge in [-0.25, -0.2) is 0 Å². The van der Waals surface area contributed by atoms with Gasteiger partial charge in [-0.1, -0.05) is 27.2 Å². The molecule has 16 heavy (non-hydrogen) atoms. The van der Waals surface area contributed by atoms with Crippen molar-refractivity contribution in [1.82, 2.24) is 5.32 Å². The molecule has 0 bridgehead atoms. The van der Waals surface area contributed by atoms with E-state index in [4.69, 9.17) is 4.74 Å². The third-order valence-electron chi connectivity index (χ3n) is 3.14. The first kappa shape index (κ1) is 13.5. The van der Waals surface area contributed by atoms with E-state index < -0.39 is 0 Å². The first-order valence-electron chi connectivity index (χ1n) is 6.49. The fourth-order valence-corrected chi connectivity index (χ4v) is 2.13. The predicted octanol–water partition coefficient (Wildman–Crippen LogP) is 2.35. The van der Waals surface area contributed by atoms with E-state index in [0.717, 1.165) is 13.0 Å². The highest BCUT2D eigenvalue weighted by atomic mass is 16.5. The van der Waals surface area contributed by atoms with Crippen LogP contribution in [0.2, 0.25) is 0 Å². The van der Waals surface area contributed by atoms with Gasteiger partial charge in [0.05, 0.1) is 6.54 Å². The molecule has 0 radical (unpaired) electrons.